The predicted octanol–water partition coefficient (Wildman–Crippen LogP) is 2.21. The number of carbonyl (C=O) groups excluding carboxylic acids is 2. The van der Waals surface area contributed by atoms with Gasteiger partial charge in [0, 0.05) is 12.6 Å². The summed E-state index contributed by atoms with van der Waals surface area (Å²) in [5.41, 5.74) is 2.73. The standard InChI is InChI=1S/C18H19N3O2/c1-12-5-7-13(8-6-12)11-19-17(22)15-3-2-4-16(21-15)18(23)20-14-9-10-14/h2-8,14H,9-11H2,1H3,(H,19,22)(H,20,23). The molecule has 1 saturated carbocycles. The van der Waals surface area contributed by atoms with Crippen molar-refractivity contribution in [3.05, 3.63) is 65.0 Å². The van der Waals surface area contributed by atoms with Crippen molar-refractivity contribution in [2.45, 2.75) is 32.4 Å². The average molecular weight is 309 g/mol. The molecule has 1 aromatic carbocycles. The minimum Gasteiger partial charge on any atom is -0.348 e. The van der Waals surface area contributed by atoms with E-state index in [0.717, 1.165) is 18.4 Å². The Hall–Kier alpha value is -2.69. The van der Waals surface area contributed by atoms with E-state index in [1.807, 2.05) is 31.2 Å². The molecule has 1 heterocycles. The third-order valence-electron chi connectivity index (χ3n) is 3.70. The molecule has 1 aliphatic rings. The Morgan fingerprint density at radius 1 is 1.04 bits per heavy atom. The van der Waals surface area contributed by atoms with Crippen molar-refractivity contribution in [3.8, 4) is 0 Å². The smallest absolute Gasteiger partial charge is 0.270 e. The zero-order valence-electron chi connectivity index (χ0n) is 13.0. The van der Waals surface area contributed by atoms with Gasteiger partial charge in [-0.1, -0.05) is 35.9 Å². The van der Waals surface area contributed by atoms with E-state index in [9.17, 15) is 9.59 Å². The van der Waals surface area contributed by atoms with Crippen LogP contribution in [-0.4, -0.2) is 22.8 Å². The Bertz CT molecular complexity index is 721. The normalized spacial score (nSPS) is 13.4. The van der Waals surface area contributed by atoms with Crippen LogP contribution >= 0.6 is 0 Å². The summed E-state index contributed by atoms with van der Waals surface area (Å²) in [6, 6.07) is 13.1. The molecule has 1 aromatic heterocycles. The first-order valence-corrected chi connectivity index (χ1v) is 7.73. The number of rotatable bonds is 5. The van der Waals surface area contributed by atoms with Crippen LogP contribution in [0.2, 0.25) is 0 Å². The van der Waals surface area contributed by atoms with Crippen LogP contribution < -0.4 is 10.6 Å². The highest BCUT2D eigenvalue weighted by Crippen LogP contribution is 2.19. The topological polar surface area (TPSA) is 71.1 Å². The fourth-order valence-electron chi connectivity index (χ4n) is 2.15. The summed E-state index contributed by atoms with van der Waals surface area (Å²) in [4.78, 5) is 28.3. The Labute approximate surface area is 135 Å². The van der Waals surface area contributed by atoms with Crippen molar-refractivity contribution in [2.24, 2.45) is 0 Å². The molecule has 0 bridgehead atoms. The quantitative estimate of drug-likeness (QED) is 0.889. The highest BCUT2D eigenvalue weighted by Gasteiger charge is 2.24. The Kier molecular flexibility index (Phi) is 4.37. The molecular formula is C18H19N3O2. The number of nitrogens with zero attached hydrogens (tertiary/aromatic N) is 1. The second kappa shape index (κ2) is 6.60. The molecule has 0 unspecified atom stereocenters. The number of nitrogens with one attached hydrogen (secondary N) is 2. The molecule has 0 atom stereocenters. The fraction of sp³-hybridized carbons (Fsp3) is 0.278. The van der Waals surface area contributed by atoms with Gasteiger partial charge in [0.15, 0.2) is 0 Å². The minimum atomic E-state index is -0.286. The molecule has 2 aromatic rings. The van der Waals surface area contributed by atoms with Crippen LogP contribution in [0.25, 0.3) is 0 Å². The maximum absolute atomic E-state index is 12.2. The van der Waals surface area contributed by atoms with E-state index in [1.54, 1.807) is 18.2 Å². The largest absolute Gasteiger partial charge is 0.348 e. The molecule has 1 aliphatic carbocycles. The average Bonchev–Trinajstić information content (AvgIpc) is 3.38. The number of hydrogen-bond acceptors (Lipinski definition) is 3. The van der Waals surface area contributed by atoms with Gasteiger partial charge in [-0.15, -0.1) is 0 Å². The van der Waals surface area contributed by atoms with Crippen molar-refractivity contribution >= 4 is 11.8 Å². The first-order chi connectivity index (χ1) is 11.1. The number of carbonyl (C=O) groups is 2. The maximum atomic E-state index is 12.2. The Morgan fingerprint density at radius 3 is 2.35 bits per heavy atom. The van der Waals surface area contributed by atoms with E-state index in [1.165, 1.54) is 5.56 Å². The van der Waals surface area contributed by atoms with Gasteiger partial charge in [-0.25, -0.2) is 4.98 Å². The zero-order chi connectivity index (χ0) is 16.2. The number of aryl methyl sites for hydroxylation is 1. The highest BCUT2D eigenvalue weighted by atomic mass is 16.2. The lowest BCUT2D eigenvalue weighted by atomic mass is 10.1. The molecule has 5 heteroatoms. The lowest BCUT2D eigenvalue weighted by Gasteiger charge is -2.07. The van der Waals surface area contributed by atoms with Crippen LogP contribution in [0.15, 0.2) is 42.5 Å². The van der Waals surface area contributed by atoms with Crippen LogP contribution in [0, 0.1) is 6.92 Å². The SMILES string of the molecule is Cc1ccc(CNC(=O)c2cccc(C(=O)NC3CC3)n2)cc1. The van der Waals surface area contributed by atoms with Gasteiger partial charge in [-0.3, -0.25) is 9.59 Å². The molecule has 0 aliphatic heterocycles. The van der Waals surface area contributed by atoms with Crippen molar-refractivity contribution in [2.75, 3.05) is 0 Å². The number of benzene rings is 1. The first-order valence-electron chi connectivity index (χ1n) is 7.73. The van der Waals surface area contributed by atoms with Gasteiger partial charge in [-0.05, 0) is 37.5 Å². The molecular weight excluding hydrogens is 290 g/mol. The first kappa shape index (κ1) is 15.2. The van der Waals surface area contributed by atoms with Gasteiger partial charge < -0.3 is 10.6 Å². The number of aromatic nitrogens is 1. The van der Waals surface area contributed by atoms with Crippen LogP contribution in [0.3, 0.4) is 0 Å². The van der Waals surface area contributed by atoms with Crippen LogP contribution in [0.5, 0.6) is 0 Å². The van der Waals surface area contributed by atoms with E-state index in [4.69, 9.17) is 0 Å². The third kappa shape index (κ3) is 4.16. The van der Waals surface area contributed by atoms with Crippen LogP contribution in [-0.2, 0) is 6.54 Å². The van der Waals surface area contributed by atoms with Gasteiger partial charge in [0.25, 0.3) is 11.8 Å². The van der Waals surface area contributed by atoms with Crippen molar-refractivity contribution in [1.29, 1.82) is 0 Å². The van der Waals surface area contributed by atoms with Crippen LogP contribution in [0.4, 0.5) is 0 Å². The highest BCUT2D eigenvalue weighted by molar-refractivity contribution is 5.96. The lowest BCUT2D eigenvalue weighted by molar-refractivity contribution is 0.0942. The molecule has 23 heavy (non-hydrogen) atoms. The Morgan fingerprint density at radius 2 is 1.70 bits per heavy atom. The summed E-state index contributed by atoms with van der Waals surface area (Å²) >= 11 is 0. The molecule has 0 saturated heterocycles. The minimum absolute atomic E-state index is 0.222. The summed E-state index contributed by atoms with van der Waals surface area (Å²) in [6.45, 7) is 2.45. The predicted molar refractivity (Wildman–Crippen MR) is 87.1 cm³/mol. The summed E-state index contributed by atoms with van der Waals surface area (Å²) < 4.78 is 0. The van der Waals surface area contributed by atoms with Gasteiger partial charge in [0.2, 0.25) is 0 Å². The summed E-state index contributed by atoms with van der Waals surface area (Å²) in [5, 5.41) is 5.69. The summed E-state index contributed by atoms with van der Waals surface area (Å²) in [6.07, 6.45) is 2.03. The molecule has 2 N–H and O–H groups in total. The van der Waals surface area contributed by atoms with Crippen molar-refractivity contribution in [1.82, 2.24) is 15.6 Å². The maximum Gasteiger partial charge on any atom is 0.270 e. The third-order valence-corrected chi connectivity index (χ3v) is 3.70. The van der Waals surface area contributed by atoms with E-state index in [2.05, 4.69) is 15.6 Å². The van der Waals surface area contributed by atoms with Gasteiger partial charge in [0.1, 0.15) is 11.4 Å². The van der Waals surface area contributed by atoms with Gasteiger partial charge >= 0.3 is 0 Å². The molecule has 5 nitrogen and oxygen atoms in total. The second-order valence-electron chi connectivity index (χ2n) is 5.82. The van der Waals surface area contributed by atoms with E-state index < -0.39 is 0 Å². The second-order valence-corrected chi connectivity index (χ2v) is 5.82. The molecule has 0 radical (unpaired) electrons. The molecule has 0 spiro atoms. The molecule has 3 rings (SSSR count). The van der Waals surface area contributed by atoms with E-state index in [0.29, 0.717) is 6.54 Å². The fourth-order valence-corrected chi connectivity index (χ4v) is 2.15. The lowest BCUT2D eigenvalue weighted by Crippen LogP contribution is -2.28. The van der Waals surface area contributed by atoms with Crippen molar-refractivity contribution < 1.29 is 9.59 Å². The molecule has 2 amide bonds. The van der Waals surface area contributed by atoms with Gasteiger partial charge in [-0.2, -0.15) is 0 Å². The van der Waals surface area contributed by atoms with E-state index >= 15 is 0 Å². The number of pyridine rings is 1. The van der Waals surface area contributed by atoms with Crippen LogP contribution in [0.1, 0.15) is 44.9 Å². The zero-order valence-corrected chi connectivity index (χ0v) is 13.0. The van der Waals surface area contributed by atoms with Gasteiger partial charge in [0.05, 0.1) is 0 Å². The summed E-state index contributed by atoms with van der Waals surface area (Å²) in [5.74, 6) is -0.507. The van der Waals surface area contributed by atoms with Crippen molar-refractivity contribution in [3.63, 3.8) is 0 Å². The van der Waals surface area contributed by atoms with E-state index in [-0.39, 0.29) is 29.2 Å². The number of amides is 2. The molecule has 118 valence electrons. The monoisotopic (exact) mass is 309 g/mol. The Balaban J connectivity index is 1.62. The number of hydrogen-bond donors (Lipinski definition) is 2. The molecule has 1 fully saturated rings. The summed E-state index contributed by atoms with van der Waals surface area (Å²) in [7, 11) is 0.